The first kappa shape index (κ1) is 15.9. The lowest BCUT2D eigenvalue weighted by atomic mass is 10.1. The van der Waals surface area contributed by atoms with Gasteiger partial charge in [0.05, 0.1) is 17.6 Å². The Hall–Kier alpha value is -2.15. The van der Waals surface area contributed by atoms with Gasteiger partial charge >= 0.3 is 0 Å². The number of non-ortho nitro benzene ring substituents is 1. The van der Waals surface area contributed by atoms with Crippen molar-refractivity contribution in [3.8, 4) is 5.75 Å². The Balaban J connectivity index is 2.69. The first-order chi connectivity index (χ1) is 9.45. The molecule has 0 radical (unpaired) electrons. The summed E-state index contributed by atoms with van der Waals surface area (Å²) in [6, 6.07) is 4.07. The van der Waals surface area contributed by atoms with Crippen molar-refractivity contribution in [2.45, 2.75) is 25.9 Å². The third-order valence-electron chi connectivity index (χ3n) is 2.74. The first-order valence-corrected chi connectivity index (χ1v) is 6.25. The number of benzene rings is 1. The van der Waals surface area contributed by atoms with Crippen LogP contribution in [0.15, 0.2) is 18.2 Å². The van der Waals surface area contributed by atoms with E-state index in [9.17, 15) is 20.0 Å². The molecule has 0 unspecified atom stereocenters. The average molecular weight is 282 g/mol. The van der Waals surface area contributed by atoms with Crippen molar-refractivity contribution in [2.75, 3.05) is 13.7 Å². The van der Waals surface area contributed by atoms with Crippen molar-refractivity contribution < 1.29 is 19.6 Å². The van der Waals surface area contributed by atoms with E-state index in [4.69, 9.17) is 4.74 Å². The summed E-state index contributed by atoms with van der Waals surface area (Å²) in [7, 11) is 1.56. The summed E-state index contributed by atoms with van der Waals surface area (Å²) in [5.74, 6) is 0.315. The lowest BCUT2D eigenvalue weighted by Crippen LogP contribution is -2.18. The molecule has 0 aliphatic heterocycles. The molecule has 1 atom stereocenters. The van der Waals surface area contributed by atoms with Crippen LogP contribution in [-0.4, -0.2) is 29.6 Å². The topological polar surface area (TPSA) is 102 Å². The second-order valence-electron chi connectivity index (χ2n) is 4.28. The van der Waals surface area contributed by atoms with Crippen LogP contribution in [0.1, 0.15) is 31.4 Å². The predicted octanol–water partition coefficient (Wildman–Crippen LogP) is 1.55. The van der Waals surface area contributed by atoms with Crippen LogP contribution in [0, 0.1) is 10.1 Å². The number of nitrogens with one attached hydrogen (secondary N) is 1. The molecule has 0 saturated carbocycles. The maximum absolute atomic E-state index is 11.0. The van der Waals surface area contributed by atoms with E-state index in [-0.39, 0.29) is 11.6 Å². The largest absolute Gasteiger partial charge is 0.493 e. The number of rotatable bonds is 7. The van der Waals surface area contributed by atoms with E-state index >= 15 is 0 Å². The molecule has 20 heavy (non-hydrogen) atoms. The first-order valence-electron chi connectivity index (χ1n) is 6.25. The fourth-order valence-corrected chi connectivity index (χ4v) is 1.65. The second-order valence-corrected chi connectivity index (χ2v) is 4.28. The van der Waals surface area contributed by atoms with Gasteiger partial charge in [-0.1, -0.05) is 0 Å². The summed E-state index contributed by atoms with van der Waals surface area (Å²) in [4.78, 5) is 21.2. The second kappa shape index (κ2) is 7.44. The summed E-state index contributed by atoms with van der Waals surface area (Å²) < 4.78 is 5.47. The lowest BCUT2D eigenvalue weighted by molar-refractivity contribution is -0.385. The molecule has 0 heterocycles. The molecule has 0 aliphatic carbocycles. The van der Waals surface area contributed by atoms with E-state index in [0.717, 1.165) is 0 Å². The summed E-state index contributed by atoms with van der Waals surface area (Å²) in [6.45, 7) is 1.81. The van der Waals surface area contributed by atoms with E-state index < -0.39 is 11.0 Å². The zero-order valence-electron chi connectivity index (χ0n) is 11.5. The minimum absolute atomic E-state index is 0.0759. The number of nitro groups is 1. The summed E-state index contributed by atoms with van der Waals surface area (Å²) >= 11 is 0. The Bertz CT molecular complexity index is 488. The van der Waals surface area contributed by atoms with E-state index in [1.54, 1.807) is 7.05 Å². The lowest BCUT2D eigenvalue weighted by Gasteiger charge is -2.13. The summed E-state index contributed by atoms with van der Waals surface area (Å²) in [5.41, 5.74) is 0.262. The number of carbonyl (C=O) groups excluding carboxylic acids is 1. The molecule has 7 heteroatoms. The molecule has 7 nitrogen and oxygen atoms in total. The Morgan fingerprint density at radius 3 is 2.80 bits per heavy atom. The predicted molar refractivity (Wildman–Crippen MR) is 72.5 cm³/mol. The quantitative estimate of drug-likeness (QED) is 0.449. The molecule has 1 aromatic carbocycles. The minimum Gasteiger partial charge on any atom is -0.493 e. The molecule has 1 aromatic rings. The Morgan fingerprint density at radius 2 is 2.25 bits per heavy atom. The van der Waals surface area contributed by atoms with Crippen LogP contribution in [-0.2, 0) is 4.79 Å². The number of hydrogen-bond donors (Lipinski definition) is 2. The zero-order chi connectivity index (χ0) is 15.1. The van der Waals surface area contributed by atoms with Gasteiger partial charge in [0.15, 0.2) is 0 Å². The molecule has 0 saturated heterocycles. The summed E-state index contributed by atoms with van der Waals surface area (Å²) in [6.07, 6.45) is -0.00696. The third kappa shape index (κ3) is 4.51. The summed E-state index contributed by atoms with van der Waals surface area (Å²) in [5, 5.41) is 22.8. The van der Waals surface area contributed by atoms with Crippen LogP contribution < -0.4 is 10.1 Å². The van der Waals surface area contributed by atoms with Crippen LogP contribution in [0.3, 0.4) is 0 Å². The SMILES string of the molecule is CNC(=O)CCCOc1ccc([N+](=O)[O-])cc1[C@H](C)O. The standard InChI is InChI=1S/C13H18N2O5/c1-9(16)11-8-10(15(18)19)5-6-12(11)20-7-3-4-13(17)14-2/h5-6,8-9,16H,3-4,7H2,1-2H3,(H,14,17)/t9-/m0/s1. The van der Waals surface area contributed by atoms with Gasteiger partial charge < -0.3 is 15.2 Å². The van der Waals surface area contributed by atoms with E-state index in [1.807, 2.05) is 0 Å². The van der Waals surface area contributed by atoms with Crippen LogP contribution in [0.5, 0.6) is 5.75 Å². The maximum atomic E-state index is 11.0. The monoisotopic (exact) mass is 282 g/mol. The van der Waals surface area contributed by atoms with E-state index in [0.29, 0.717) is 30.8 Å². The number of amides is 1. The van der Waals surface area contributed by atoms with E-state index in [1.165, 1.54) is 25.1 Å². The average Bonchev–Trinajstić information content (AvgIpc) is 2.42. The highest BCUT2D eigenvalue weighted by atomic mass is 16.6. The van der Waals surface area contributed by atoms with Crippen LogP contribution in [0.4, 0.5) is 5.69 Å². The molecule has 0 fully saturated rings. The van der Waals surface area contributed by atoms with Crippen molar-refractivity contribution in [2.24, 2.45) is 0 Å². The number of carbonyl (C=O) groups is 1. The normalized spacial score (nSPS) is 11.8. The zero-order valence-corrected chi connectivity index (χ0v) is 11.5. The van der Waals surface area contributed by atoms with Gasteiger partial charge in [-0.3, -0.25) is 14.9 Å². The van der Waals surface area contributed by atoms with Crippen LogP contribution in [0.25, 0.3) is 0 Å². The number of hydrogen-bond acceptors (Lipinski definition) is 5. The molecular weight excluding hydrogens is 264 g/mol. The molecular formula is C13H18N2O5. The number of nitrogens with zero attached hydrogens (tertiary/aromatic N) is 1. The Kier molecular flexibility index (Phi) is 5.92. The van der Waals surface area contributed by atoms with E-state index in [2.05, 4.69) is 5.32 Å². The van der Waals surface area contributed by atoms with Gasteiger partial charge in [0.2, 0.25) is 5.91 Å². The number of aliphatic hydroxyl groups excluding tert-OH is 1. The molecule has 2 N–H and O–H groups in total. The highest BCUT2D eigenvalue weighted by Gasteiger charge is 2.15. The highest BCUT2D eigenvalue weighted by molar-refractivity contribution is 5.75. The highest BCUT2D eigenvalue weighted by Crippen LogP contribution is 2.29. The Morgan fingerprint density at radius 1 is 1.55 bits per heavy atom. The number of nitro benzene ring substituents is 1. The van der Waals surface area contributed by atoms with Crippen molar-refractivity contribution in [1.29, 1.82) is 0 Å². The molecule has 0 aliphatic rings. The van der Waals surface area contributed by atoms with Crippen molar-refractivity contribution in [1.82, 2.24) is 5.32 Å². The Labute approximate surface area is 116 Å². The van der Waals surface area contributed by atoms with Gasteiger partial charge in [0, 0.05) is 31.2 Å². The van der Waals surface area contributed by atoms with Gasteiger partial charge in [-0.2, -0.15) is 0 Å². The number of aliphatic hydroxyl groups is 1. The third-order valence-corrected chi connectivity index (χ3v) is 2.74. The van der Waals surface area contributed by atoms with Gasteiger partial charge in [0.1, 0.15) is 5.75 Å². The smallest absolute Gasteiger partial charge is 0.270 e. The van der Waals surface area contributed by atoms with Gasteiger partial charge in [-0.05, 0) is 19.4 Å². The van der Waals surface area contributed by atoms with Crippen molar-refractivity contribution in [3.05, 3.63) is 33.9 Å². The van der Waals surface area contributed by atoms with Gasteiger partial charge in [0.25, 0.3) is 5.69 Å². The molecule has 0 bridgehead atoms. The molecule has 1 rings (SSSR count). The van der Waals surface area contributed by atoms with Crippen LogP contribution in [0.2, 0.25) is 0 Å². The molecule has 1 amide bonds. The van der Waals surface area contributed by atoms with Crippen molar-refractivity contribution >= 4 is 11.6 Å². The molecule has 0 spiro atoms. The minimum atomic E-state index is -0.871. The van der Waals surface area contributed by atoms with Gasteiger partial charge in [-0.15, -0.1) is 0 Å². The number of ether oxygens (including phenoxy) is 1. The fourth-order valence-electron chi connectivity index (χ4n) is 1.65. The maximum Gasteiger partial charge on any atom is 0.270 e. The molecule has 0 aromatic heterocycles. The van der Waals surface area contributed by atoms with Crippen LogP contribution >= 0.6 is 0 Å². The van der Waals surface area contributed by atoms with Gasteiger partial charge in [-0.25, -0.2) is 0 Å². The van der Waals surface area contributed by atoms with Crippen molar-refractivity contribution in [3.63, 3.8) is 0 Å². The fraction of sp³-hybridized carbons (Fsp3) is 0.462. The molecule has 110 valence electrons.